The van der Waals surface area contributed by atoms with Crippen LogP contribution >= 0.6 is 0 Å². The molecule has 0 aliphatic heterocycles. The summed E-state index contributed by atoms with van der Waals surface area (Å²) in [4.78, 5) is 24.6. The van der Waals surface area contributed by atoms with Gasteiger partial charge in [0.15, 0.2) is 5.78 Å². The standard InChI is InChI=1S/C38H32F12O7/c1-5-32(3,4)57-30-17-15-26(19-28(30)34(54,37(45,46)47)38(48,49)50)55-25-14-16-29(27(18-25)33(53,35(39,40)41)36(42,43)44)56-31(52)24-12-10-23(11-13-24)22-8-6-21(7-9-22)20(2)51/h6-10,12,14-19,53-54H,5,11,13H2,1-4H3. The number of benzene rings is 3. The number of hydrogen-bond donors (Lipinski definition) is 2. The Morgan fingerprint density at radius 3 is 1.51 bits per heavy atom. The van der Waals surface area contributed by atoms with E-state index >= 15 is 0 Å². The molecule has 7 nitrogen and oxygen atoms in total. The van der Waals surface area contributed by atoms with E-state index in [1.165, 1.54) is 39.8 Å². The fourth-order valence-electron chi connectivity index (χ4n) is 5.46. The Morgan fingerprint density at radius 2 is 1.11 bits per heavy atom. The van der Waals surface area contributed by atoms with Crippen molar-refractivity contribution < 1.29 is 86.7 Å². The van der Waals surface area contributed by atoms with Crippen molar-refractivity contribution in [1.29, 1.82) is 0 Å². The molecule has 310 valence electrons. The van der Waals surface area contributed by atoms with Crippen molar-refractivity contribution in [2.45, 2.75) is 88.5 Å². The minimum Gasteiger partial charge on any atom is -0.487 e. The summed E-state index contributed by atoms with van der Waals surface area (Å²) >= 11 is 0. The second-order valence-electron chi connectivity index (χ2n) is 13.5. The van der Waals surface area contributed by atoms with E-state index in [9.17, 15) is 72.5 Å². The molecule has 1 aliphatic carbocycles. The fraction of sp³-hybridized carbons (Fsp3) is 0.368. The summed E-state index contributed by atoms with van der Waals surface area (Å²) in [7, 11) is 0. The van der Waals surface area contributed by atoms with Gasteiger partial charge in [-0.2, -0.15) is 52.7 Å². The maximum atomic E-state index is 14.2. The van der Waals surface area contributed by atoms with E-state index in [1.807, 2.05) is 0 Å². The van der Waals surface area contributed by atoms with Crippen LogP contribution in [-0.4, -0.2) is 52.3 Å². The predicted molar refractivity (Wildman–Crippen MR) is 177 cm³/mol. The van der Waals surface area contributed by atoms with Crippen LogP contribution in [0.2, 0.25) is 0 Å². The molecular formula is C38H32F12O7. The lowest BCUT2D eigenvalue weighted by molar-refractivity contribution is -0.377. The first kappa shape index (κ1) is 44.7. The first-order valence-corrected chi connectivity index (χ1v) is 16.6. The first-order valence-electron chi connectivity index (χ1n) is 16.6. The number of carbonyl (C=O) groups is 2. The van der Waals surface area contributed by atoms with Crippen LogP contribution in [0.4, 0.5) is 52.7 Å². The van der Waals surface area contributed by atoms with Gasteiger partial charge >= 0.3 is 30.7 Å². The van der Waals surface area contributed by atoms with Crippen molar-refractivity contribution >= 4 is 17.3 Å². The molecule has 3 aromatic rings. The number of allylic oxidation sites excluding steroid dienone is 3. The third-order valence-electron chi connectivity index (χ3n) is 9.07. The third-order valence-corrected chi connectivity index (χ3v) is 9.07. The molecule has 0 spiro atoms. The van der Waals surface area contributed by atoms with E-state index < -0.39 is 81.6 Å². The number of rotatable bonds is 11. The number of carbonyl (C=O) groups excluding carboxylic acids is 2. The molecule has 4 rings (SSSR count). The number of Topliss-reactive ketones (excluding diaryl/α,β-unsaturated/α-hetero) is 1. The van der Waals surface area contributed by atoms with Gasteiger partial charge in [0.05, 0.1) is 0 Å². The van der Waals surface area contributed by atoms with Gasteiger partial charge in [0, 0.05) is 22.3 Å². The number of ether oxygens (including phenoxy) is 3. The van der Waals surface area contributed by atoms with Gasteiger partial charge in [0.1, 0.15) is 28.6 Å². The number of aliphatic hydroxyl groups is 2. The van der Waals surface area contributed by atoms with Crippen LogP contribution in [0.3, 0.4) is 0 Å². The number of alkyl halides is 12. The van der Waals surface area contributed by atoms with Crippen LogP contribution in [0, 0.1) is 0 Å². The summed E-state index contributed by atoms with van der Waals surface area (Å²) in [5.74, 6) is -6.49. The molecule has 0 radical (unpaired) electrons. The highest BCUT2D eigenvalue weighted by Gasteiger charge is 2.73. The highest BCUT2D eigenvalue weighted by Crippen LogP contribution is 2.55. The quantitative estimate of drug-likeness (QED) is 0.0859. The van der Waals surface area contributed by atoms with Crippen molar-refractivity contribution in [2.24, 2.45) is 0 Å². The zero-order chi connectivity index (χ0) is 43.2. The fourth-order valence-corrected chi connectivity index (χ4v) is 5.46. The highest BCUT2D eigenvalue weighted by atomic mass is 19.4. The largest absolute Gasteiger partial charge is 0.487 e. The maximum absolute atomic E-state index is 14.2. The maximum Gasteiger partial charge on any atom is 0.430 e. The Kier molecular flexibility index (Phi) is 12.0. The zero-order valence-corrected chi connectivity index (χ0v) is 30.0. The van der Waals surface area contributed by atoms with Crippen LogP contribution < -0.4 is 14.2 Å². The van der Waals surface area contributed by atoms with E-state index in [2.05, 4.69) is 0 Å². The third kappa shape index (κ3) is 8.93. The molecule has 19 heteroatoms. The predicted octanol–water partition coefficient (Wildman–Crippen LogP) is 10.6. The van der Waals surface area contributed by atoms with E-state index in [0.717, 1.165) is 0 Å². The van der Waals surface area contributed by atoms with Crippen molar-refractivity contribution in [3.8, 4) is 23.0 Å². The lowest BCUT2D eigenvalue weighted by atomic mass is 9.90. The van der Waals surface area contributed by atoms with Crippen LogP contribution in [0.1, 0.15) is 74.0 Å². The van der Waals surface area contributed by atoms with Crippen LogP contribution in [0.25, 0.3) is 5.57 Å². The molecule has 57 heavy (non-hydrogen) atoms. The Balaban J connectivity index is 1.81. The molecule has 0 unspecified atom stereocenters. The topological polar surface area (TPSA) is 102 Å². The molecule has 0 heterocycles. The summed E-state index contributed by atoms with van der Waals surface area (Å²) in [6.45, 7) is 5.40. The average molecular weight is 829 g/mol. The molecule has 0 atom stereocenters. The van der Waals surface area contributed by atoms with Crippen LogP contribution in [0.5, 0.6) is 23.0 Å². The Hall–Kier alpha value is -5.04. The van der Waals surface area contributed by atoms with Crippen LogP contribution in [-0.2, 0) is 16.0 Å². The molecule has 0 aromatic heterocycles. The van der Waals surface area contributed by atoms with Crippen molar-refractivity contribution in [3.05, 3.63) is 101 Å². The van der Waals surface area contributed by atoms with Gasteiger partial charge in [-0.25, -0.2) is 4.79 Å². The Morgan fingerprint density at radius 1 is 0.649 bits per heavy atom. The number of hydrogen-bond acceptors (Lipinski definition) is 7. The molecular weight excluding hydrogens is 796 g/mol. The molecule has 2 N–H and O–H groups in total. The minimum absolute atomic E-state index is 0.0226. The smallest absolute Gasteiger partial charge is 0.430 e. The average Bonchev–Trinajstić information content (AvgIpc) is 3.10. The van der Waals surface area contributed by atoms with Crippen molar-refractivity contribution in [1.82, 2.24) is 0 Å². The second kappa shape index (κ2) is 15.4. The molecule has 0 amide bonds. The van der Waals surface area contributed by atoms with E-state index in [1.54, 1.807) is 24.3 Å². The number of esters is 1. The van der Waals surface area contributed by atoms with Crippen LogP contribution in [0.15, 0.2) is 78.4 Å². The van der Waals surface area contributed by atoms with Gasteiger partial charge in [0.25, 0.3) is 11.2 Å². The monoisotopic (exact) mass is 828 g/mol. The van der Waals surface area contributed by atoms with Crippen molar-refractivity contribution in [3.63, 3.8) is 0 Å². The normalized spacial score (nSPS) is 14.8. The molecule has 3 aromatic carbocycles. The Bertz CT molecular complexity index is 2030. The Labute approximate surface area is 316 Å². The number of ketones is 1. The highest BCUT2D eigenvalue weighted by molar-refractivity contribution is 5.95. The van der Waals surface area contributed by atoms with Crippen molar-refractivity contribution in [2.75, 3.05) is 0 Å². The molecule has 1 aliphatic rings. The minimum atomic E-state index is -6.57. The van der Waals surface area contributed by atoms with Gasteiger partial charge in [-0.1, -0.05) is 43.3 Å². The van der Waals surface area contributed by atoms with Gasteiger partial charge < -0.3 is 24.4 Å². The van der Waals surface area contributed by atoms with E-state index in [-0.39, 0.29) is 42.8 Å². The van der Waals surface area contributed by atoms with Gasteiger partial charge in [-0.05, 0) is 87.6 Å². The summed E-state index contributed by atoms with van der Waals surface area (Å²) in [5.41, 5.74) is -15.5. The van der Waals surface area contributed by atoms with Gasteiger partial charge in [0.2, 0.25) is 0 Å². The summed E-state index contributed by atoms with van der Waals surface area (Å²) < 4.78 is 184. The summed E-state index contributed by atoms with van der Waals surface area (Å²) in [5, 5.41) is 20.5. The molecule has 0 saturated heterocycles. The SMILES string of the molecule is CCC(C)(C)Oc1ccc(Oc2ccc(OC(=O)C3=CC=C(c4ccc(C(C)=O)cc4)CC3)c(C(O)(C(F)(F)F)C(F)(F)F)c2)cc1C(O)(C(F)(F)F)C(F)(F)F. The molecule has 0 saturated carbocycles. The lowest BCUT2D eigenvalue weighted by Gasteiger charge is -2.35. The van der Waals surface area contributed by atoms with E-state index in [4.69, 9.17) is 14.2 Å². The van der Waals surface area contributed by atoms with Gasteiger partial charge in [-0.3, -0.25) is 4.79 Å². The van der Waals surface area contributed by atoms with E-state index in [0.29, 0.717) is 41.0 Å². The first-order chi connectivity index (χ1) is 26.0. The summed E-state index contributed by atoms with van der Waals surface area (Å²) in [6.07, 6.45) is -23.4. The lowest BCUT2D eigenvalue weighted by Crippen LogP contribution is -2.54. The zero-order valence-electron chi connectivity index (χ0n) is 30.0. The van der Waals surface area contributed by atoms with Gasteiger partial charge in [-0.15, -0.1) is 0 Å². The second-order valence-corrected chi connectivity index (χ2v) is 13.5. The molecule has 0 fully saturated rings. The number of halogens is 12. The molecule has 0 bridgehead atoms. The summed E-state index contributed by atoms with van der Waals surface area (Å²) in [6, 6.07) is 8.23.